The van der Waals surface area contributed by atoms with Crippen LogP contribution in [-0.2, 0) is 9.59 Å². The highest BCUT2D eigenvalue weighted by Crippen LogP contribution is 2.29. The van der Waals surface area contributed by atoms with E-state index < -0.39 is 0 Å². The Morgan fingerprint density at radius 3 is 2.60 bits per heavy atom. The number of nitrogens with one attached hydrogen (secondary N) is 1. The molecule has 2 aromatic carbocycles. The fourth-order valence-corrected chi connectivity index (χ4v) is 2.76. The van der Waals surface area contributed by atoms with Gasteiger partial charge in [-0.15, -0.1) is 0 Å². The molecule has 1 aliphatic rings. The van der Waals surface area contributed by atoms with E-state index in [1.54, 1.807) is 0 Å². The number of para-hydroxylation sites is 1. The maximum Gasteiger partial charge on any atom is 0.277 e. The molecule has 1 saturated carbocycles. The average molecular weight is 336 g/mol. The minimum atomic E-state index is -0.339. The van der Waals surface area contributed by atoms with Gasteiger partial charge in [-0.25, -0.2) is 5.43 Å². The topological polar surface area (TPSA) is 67.8 Å². The van der Waals surface area contributed by atoms with Crippen LogP contribution in [0.3, 0.4) is 0 Å². The molecule has 0 heterocycles. The molecule has 0 spiro atoms. The Balaban J connectivity index is 1.59. The average Bonchev–Trinajstić information content (AvgIpc) is 2.66. The van der Waals surface area contributed by atoms with Crippen molar-refractivity contribution in [2.75, 3.05) is 6.61 Å². The number of nitrogens with zero attached hydrogens (tertiary/aromatic N) is 1. The van der Waals surface area contributed by atoms with Gasteiger partial charge in [0.05, 0.1) is 0 Å². The number of amides is 1. The Kier molecular flexibility index (Phi) is 5.57. The number of benzene rings is 2. The number of ketones is 1. The van der Waals surface area contributed by atoms with Gasteiger partial charge < -0.3 is 4.74 Å². The second-order valence-electron chi connectivity index (χ2n) is 5.93. The van der Waals surface area contributed by atoms with E-state index in [4.69, 9.17) is 4.74 Å². The van der Waals surface area contributed by atoms with Gasteiger partial charge in [0.1, 0.15) is 11.5 Å². The molecular weight excluding hydrogens is 316 g/mol. The molecule has 5 heteroatoms. The van der Waals surface area contributed by atoms with E-state index in [-0.39, 0.29) is 18.3 Å². The molecule has 0 saturated heterocycles. The van der Waals surface area contributed by atoms with Gasteiger partial charge in [0.15, 0.2) is 6.61 Å². The number of carbonyl (C=O) groups excluding carboxylic acids is 2. The van der Waals surface area contributed by atoms with Crippen LogP contribution in [-0.4, -0.2) is 24.0 Å². The molecule has 128 valence electrons. The highest BCUT2D eigenvalue weighted by Gasteiger charge is 2.15. The lowest BCUT2D eigenvalue weighted by Gasteiger charge is -2.12. The summed E-state index contributed by atoms with van der Waals surface area (Å²) in [6.07, 6.45) is 2.49. The summed E-state index contributed by atoms with van der Waals surface area (Å²) in [7, 11) is 0. The van der Waals surface area contributed by atoms with Crippen LogP contribution in [0.5, 0.6) is 5.75 Å². The van der Waals surface area contributed by atoms with Gasteiger partial charge in [0, 0.05) is 24.1 Å². The molecule has 1 N–H and O–H groups in total. The molecular formula is C20H20N2O3. The lowest BCUT2D eigenvalue weighted by Crippen LogP contribution is -2.27. The molecule has 1 aliphatic carbocycles. The summed E-state index contributed by atoms with van der Waals surface area (Å²) in [5.74, 6) is 0.477. The molecule has 0 aromatic heterocycles. The Labute approximate surface area is 146 Å². The van der Waals surface area contributed by atoms with E-state index in [1.165, 1.54) is 0 Å². The van der Waals surface area contributed by atoms with E-state index in [9.17, 15) is 9.59 Å². The van der Waals surface area contributed by atoms with Crippen molar-refractivity contribution in [3.8, 4) is 16.9 Å². The Hall–Kier alpha value is -2.95. The van der Waals surface area contributed by atoms with Crippen LogP contribution < -0.4 is 10.2 Å². The van der Waals surface area contributed by atoms with Crippen LogP contribution in [0.25, 0.3) is 11.1 Å². The first-order valence-electron chi connectivity index (χ1n) is 8.35. The number of hydrogen-bond donors (Lipinski definition) is 1. The van der Waals surface area contributed by atoms with Crippen LogP contribution >= 0.6 is 0 Å². The van der Waals surface area contributed by atoms with Crippen molar-refractivity contribution in [1.82, 2.24) is 5.43 Å². The van der Waals surface area contributed by atoms with E-state index in [0.29, 0.717) is 18.6 Å². The molecule has 3 rings (SSSR count). The van der Waals surface area contributed by atoms with Crippen LogP contribution in [0.4, 0.5) is 0 Å². The lowest BCUT2D eigenvalue weighted by molar-refractivity contribution is -0.123. The molecule has 0 aliphatic heterocycles. The van der Waals surface area contributed by atoms with E-state index in [2.05, 4.69) is 10.5 Å². The number of ether oxygens (including phenoxy) is 1. The number of rotatable bonds is 5. The first-order chi connectivity index (χ1) is 12.2. The number of Topliss-reactive ketones (excluding diaryl/α,β-unsaturated/α-hetero) is 1. The fraction of sp³-hybridized carbons (Fsp3) is 0.250. The number of hydrogen-bond acceptors (Lipinski definition) is 4. The summed E-state index contributed by atoms with van der Waals surface area (Å²) < 4.78 is 5.67. The Bertz CT molecular complexity index is 785. The summed E-state index contributed by atoms with van der Waals surface area (Å²) >= 11 is 0. The predicted molar refractivity (Wildman–Crippen MR) is 96.4 cm³/mol. The van der Waals surface area contributed by atoms with Crippen molar-refractivity contribution in [2.24, 2.45) is 5.10 Å². The van der Waals surface area contributed by atoms with Gasteiger partial charge in [0.2, 0.25) is 0 Å². The van der Waals surface area contributed by atoms with Crippen LogP contribution in [0.2, 0.25) is 0 Å². The van der Waals surface area contributed by atoms with Crippen molar-refractivity contribution in [3.63, 3.8) is 0 Å². The molecule has 1 amide bonds. The predicted octanol–water partition coefficient (Wildman–Crippen LogP) is 3.35. The maximum atomic E-state index is 12.0. The summed E-state index contributed by atoms with van der Waals surface area (Å²) in [5.41, 5.74) is 5.16. The zero-order chi connectivity index (χ0) is 17.5. The smallest absolute Gasteiger partial charge is 0.277 e. The highest BCUT2D eigenvalue weighted by molar-refractivity contribution is 6.04. The van der Waals surface area contributed by atoms with Gasteiger partial charge in [-0.2, -0.15) is 5.10 Å². The standard InChI is InChI=1S/C20H20N2O3/c23-17-10-6-9-16(13-17)21-22-20(24)14-25-19-12-5-4-11-18(19)15-7-2-1-3-8-15/h1-5,7-8,11-12H,6,9-10,13-14H2,(H,22,24)/b21-16-. The minimum absolute atomic E-state index is 0.130. The molecule has 0 radical (unpaired) electrons. The third kappa shape index (κ3) is 4.76. The summed E-state index contributed by atoms with van der Waals surface area (Å²) in [6, 6.07) is 17.5. The second-order valence-corrected chi connectivity index (χ2v) is 5.93. The molecule has 0 bridgehead atoms. The van der Waals surface area contributed by atoms with Crippen LogP contribution in [0, 0.1) is 0 Å². The monoisotopic (exact) mass is 336 g/mol. The van der Waals surface area contributed by atoms with E-state index in [1.807, 2.05) is 54.6 Å². The molecule has 1 fully saturated rings. The number of carbonyl (C=O) groups is 2. The zero-order valence-corrected chi connectivity index (χ0v) is 13.9. The normalized spacial score (nSPS) is 15.8. The first-order valence-corrected chi connectivity index (χ1v) is 8.35. The maximum absolute atomic E-state index is 12.0. The second kappa shape index (κ2) is 8.24. The van der Waals surface area contributed by atoms with Crippen LogP contribution in [0.1, 0.15) is 25.7 Å². The van der Waals surface area contributed by atoms with Crippen LogP contribution in [0.15, 0.2) is 59.7 Å². The van der Waals surface area contributed by atoms with Gasteiger partial charge in [-0.05, 0) is 24.5 Å². The Morgan fingerprint density at radius 1 is 1.04 bits per heavy atom. The first kappa shape index (κ1) is 16.9. The fourth-order valence-electron chi connectivity index (χ4n) is 2.76. The minimum Gasteiger partial charge on any atom is -0.483 e. The Morgan fingerprint density at radius 2 is 1.80 bits per heavy atom. The van der Waals surface area contributed by atoms with Crippen molar-refractivity contribution in [3.05, 3.63) is 54.6 Å². The van der Waals surface area contributed by atoms with E-state index in [0.717, 1.165) is 29.7 Å². The van der Waals surface area contributed by atoms with Crippen molar-refractivity contribution >= 4 is 17.4 Å². The molecule has 5 nitrogen and oxygen atoms in total. The van der Waals surface area contributed by atoms with Crippen molar-refractivity contribution < 1.29 is 14.3 Å². The van der Waals surface area contributed by atoms with Gasteiger partial charge >= 0.3 is 0 Å². The summed E-state index contributed by atoms with van der Waals surface area (Å²) in [6.45, 7) is -0.130. The SMILES string of the molecule is O=C1CCC/C(=N/NC(=O)COc2ccccc2-c2ccccc2)C1. The quantitative estimate of drug-likeness (QED) is 0.852. The summed E-state index contributed by atoms with van der Waals surface area (Å²) in [4.78, 5) is 23.3. The summed E-state index contributed by atoms with van der Waals surface area (Å²) in [5, 5.41) is 4.04. The van der Waals surface area contributed by atoms with E-state index >= 15 is 0 Å². The molecule has 0 atom stereocenters. The van der Waals surface area contributed by atoms with Crippen molar-refractivity contribution in [1.29, 1.82) is 0 Å². The van der Waals surface area contributed by atoms with Gasteiger partial charge in [0.25, 0.3) is 5.91 Å². The molecule has 2 aromatic rings. The highest BCUT2D eigenvalue weighted by atomic mass is 16.5. The molecule has 0 unspecified atom stereocenters. The molecule has 25 heavy (non-hydrogen) atoms. The largest absolute Gasteiger partial charge is 0.483 e. The third-order valence-electron chi connectivity index (χ3n) is 3.99. The van der Waals surface area contributed by atoms with Gasteiger partial charge in [-0.1, -0.05) is 48.5 Å². The zero-order valence-electron chi connectivity index (χ0n) is 13.9. The lowest BCUT2D eigenvalue weighted by atomic mass is 9.97. The van der Waals surface area contributed by atoms with Gasteiger partial charge in [-0.3, -0.25) is 9.59 Å². The third-order valence-corrected chi connectivity index (χ3v) is 3.99. The van der Waals surface area contributed by atoms with Crippen molar-refractivity contribution in [2.45, 2.75) is 25.7 Å². The number of hydrazone groups is 1.